The van der Waals surface area contributed by atoms with Gasteiger partial charge in [0.05, 0.1) is 45.1 Å². The molecule has 1 fully saturated rings. The standard InChI is InChI=1S/C64H96N6O14S.CO2/c1-11-17-49(66-62(79)52-41-85-63(67-52)58(84-46(8)71)40-54(42(3)4)69(10)64(80)51(43(5)12-2)39-57(75)53-20-13-14-28-68(53)9)37-47-21-23-48(24-22-47)38-55(73)44(6)36-56(74)45(7)65-59(76)27-31-82-33-35-83-34-32-81-30-16-19-50(72)18-15-29-70-60(77)25-26-61(70)78;2-1-3/h21-26,41-45,49,51,53-54,58H,11-20,27-40H2,1-10H3,(H,65,76)(H,66,79);/t43-,44+,45-,49+,51-,53?,54+,58+;/m0./s1. The van der Waals surface area contributed by atoms with Gasteiger partial charge in [0.2, 0.25) is 11.8 Å². The molecule has 88 heavy (non-hydrogen) atoms. The van der Waals surface area contributed by atoms with Gasteiger partial charge in [-0.25, -0.2) is 4.98 Å². The van der Waals surface area contributed by atoms with Crippen LogP contribution in [-0.4, -0.2) is 175 Å². The summed E-state index contributed by atoms with van der Waals surface area (Å²) in [6, 6.07) is 6.05. The van der Waals surface area contributed by atoms with Crippen LogP contribution >= 0.6 is 11.3 Å². The molecule has 1 saturated heterocycles. The molecule has 2 aromatic rings. The van der Waals surface area contributed by atoms with Crippen molar-refractivity contribution in [3.05, 3.63) is 63.6 Å². The van der Waals surface area contributed by atoms with Crippen LogP contribution in [0.5, 0.6) is 0 Å². The van der Waals surface area contributed by atoms with Gasteiger partial charge in [-0.15, -0.1) is 11.3 Å². The summed E-state index contributed by atoms with van der Waals surface area (Å²) in [5, 5.41) is 7.94. The SMILES string of the molecule is CCC[C@H](Cc1ccc(CC(=O)[C@H](C)CC(=O)[C@H](C)NC(=O)CCOCCOCCOCCCC(=O)CCCN2C(=O)C=CC2=O)cc1)NC(=O)c1csc([C@@H](C[C@H](C(C)C)N(C)C(=O)[C@@H](CC(=O)C2CCCCN2C)[C@@H](C)CC)OC(C)=O)n1.O=C=O. The van der Waals surface area contributed by atoms with Crippen molar-refractivity contribution in [3.8, 4) is 0 Å². The molecule has 23 heteroatoms. The van der Waals surface area contributed by atoms with E-state index >= 15 is 0 Å². The van der Waals surface area contributed by atoms with Crippen LogP contribution in [0.2, 0.25) is 0 Å². The number of ketones is 4. The van der Waals surface area contributed by atoms with Crippen molar-refractivity contribution in [3.63, 3.8) is 0 Å². The van der Waals surface area contributed by atoms with Gasteiger partial charge in [0.25, 0.3) is 17.7 Å². The first-order valence-corrected chi connectivity index (χ1v) is 32.0. The molecule has 1 aromatic carbocycles. The quantitative estimate of drug-likeness (QED) is 0.0384. The molecule has 2 aliphatic rings. The number of carbonyl (C=O) groups is 10. The van der Waals surface area contributed by atoms with Crippen molar-refractivity contribution in [2.45, 2.75) is 188 Å². The van der Waals surface area contributed by atoms with Crippen LogP contribution in [0.15, 0.2) is 41.8 Å². The van der Waals surface area contributed by atoms with Crippen LogP contribution in [0.25, 0.3) is 0 Å². The number of likely N-dealkylation sites (tertiary alicyclic amines) is 1. The van der Waals surface area contributed by atoms with Crippen molar-refractivity contribution < 1.29 is 76.5 Å². The minimum absolute atomic E-state index is 0.0200. The van der Waals surface area contributed by atoms with Gasteiger partial charge in [0, 0.05) is 114 Å². The van der Waals surface area contributed by atoms with Crippen LogP contribution in [0.1, 0.15) is 178 Å². The number of rotatable bonds is 42. The topological polar surface area (TPSA) is 288 Å². The first kappa shape index (κ1) is 75.8. The van der Waals surface area contributed by atoms with Crippen LogP contribution < -0.4 is 10.6 Å². The largest absolute Gasteiger partial charge is 0.455 e. The molecule has 0 saturated carbocycles. The van der Waals surface area contributed by atoms with Gasteiger partial charge in [0.1, 0.15) is 22.3 Å². The van der Waals surface area contributed by atoms with Crippen molar-refractivity contribution in [1.82, 2.24) is 30.3 Å². The van der Waals surface area contributed by atoms with E-state index in [0.29, 0.717) is 70.0 Å². The average molecular weight is 1250 g/mol. The monoisotopic (exact) mass is 1250 g/mol. The highest BCUT2D eigenvalue weighted by Gasteiger charge is 2.38. The van der Waals surface area contributed by atoms with E-state index < -0.39 is 30.0 Å². The first-order chi connectivity index (χ1) is 41.9. The highest BCUT2D eigenvalue weighted by atomic mass is 32.1. The number of hydrogen-bond acceptors (Lipinski definition) is 19. The minimum atomic E-state index is -0.823. The molecule has 4 rings (SSSR count). The smallest absolute Gasteiger partial charge is 0.373 e. The third kappa shape index (κ3) is 27.1. The number of carbonyl (C=O) groups excluding carboxylic acids is 12. The Balaban J connectivity index is 0.00000661. The average Bonchev–Trinajstić information content (AvgIpc) is 1.95. The summed E-state index contributed by atoms with van der Waals surface area (Å²) in [5.41, 5.74) is 1.93. The Bertz CT molecular complexity index is 2640. The third-order valence-electron chi connectivity index (χ3n) is 16.1. The maximum absolute atomic E-state index is 14.4. The number of aromatic nitrogens is 1. The number of imide groups is 1. The lowest BCUT2D eigenvalue weighted by Gasteiger charge is -2.37. The second kappa shape index (κ2) is 40.9. The molecule has 1 unspecified atom stereocenters. The number of amides is 5. The van der Waals surface area contributed by atoms with E-state index in [0.717, 1.165) is 54.7 Å². The zero-order valence-electron chi connectivity index (χ0n) is 53.4. The maximum Gasteiger partial charge on any atom is 0.373 e. The van der Waals surface area contributed by atoms with Crippen LogP contribution in [-0.2, 0) is 84.5 Å². The highest BCUT2D eigenvalue weighted by Crippen LogP contribution is 2.33. The Labute approximate surface area is 523 Å². The number of thiazole rings is 1. The summed E-state index contributed by atoms with van der Waals surface area (Å²) in [6.07, 6.45) is 9.69. The van der Waals surface area contributed by atoms with Gasteiger partial charge in [-0.2, -0.15) is 9.59 Å². The number of benzene rings is 1. The number of esters is 1. The van der Waals surface area contributed by atoms with Gasteiger partial charge in [-0.1, -0.05) is 85.1 Å². The second-order valence-electron chi connectivity index (χ2n) is 23.4. The van der Waals surface area contributed by atoms with Crippen molar-refractivity contribution >= 4 is 76.1 Å². The van der Waals surface area contributed by atoms with E-state index in [-0.39, 0.29) is 146 Å². The second-order valence-corrected chi connectivity index (χ2v) is 24.3. The van der Waals surface area contributed by atoms with Gasteiger partial charge in [-0.3, -0.25) is 57.7 Å². The number of ether oxygens (including phenoxy) is 4. The predicted octanol–water partition coefficient (Wildman–Crippen LogP) is 6.99. The van der Waals surface area contributed by atoms with Crippen molar-refractivity contribution in [2.75, 3.05) is 66.8 Å². The van der Waals surface area contributed by atoms with Crippen molar-refractivity contribution in [2.24, 2.45) is 23.7 Å². The first-order valence-electron chi connectivity index (χ1n) is 31.1. The summed E-state index contributed by atoms with van der Waals surface area (Å²) in [4.78, 5) is 154. The Kier molecular flexibility index (Phi) is 35.2. The fourth-order valence-electron chi connectivity index (χ4n) is 10.7. The molecule has 488 valence electrons. The van der Waals surface area contributed by atoms with Gasteiger partial charge < -0.3 is 34.5 Å². The summed E-state index contributed by atoms with van der Waals surface area (Å²) < 4.78 is 22.4. The van der Waals surface area contributed by atoms with E-state index in [1.54, 1.807) is 31.2 Å². The Morgan fingerprint density at radius 2 is 1.41 bits per heavy atom. The van der Waals surface area contributed by atoms with Gasteiger partial charge >= 0.3 is 12.1 Å². The third-order valence-corrected chi connectivity index (χ3v) is 17.0. The van der Waals surface area contributed by atoms with Crippen LogP contribution in [0.3, 0.4) is 0 Å². The van der Waals surface area contributed by atoms with Gasteiger partial charge in [0.15, 0.2) is 17.7 Å². The molecular weight excluding hydrogens is 1150 g/mol. The zero-order chi connectivity index (χ0) is 65.3. The lowest BCUT2D eigenvalue weighted by atomic mass is 9.83. The molecule has 2 aliphatic heterocycles. The van der Waals surface area contributed by atoms with Crippen LogP contribution in [0.4, 0.5) is 0 Å². The number of nitrogens with one attached hydrogen (secondary N) is 2. The number of piperidine rings is 1. The molecule has 0 aliphatic carbocycles. The molecule has 8 atom stereocenters. The van der Waals surface area contributed by atoms with E-state index in [1.807, 2.05) is 65.9 Å². The van der Waals surface area contributed by atoms with E-state index in [2.05, 4.69) is 15.5 Å². The fourth-order valence-corrected chi connectivity index (χ4v) is 11.5. The molecule has 5 amide bonds. The molecule has 0 radical (unpaired) electrons. The normalized spacial score (nSPS) is 16.5. The molecule has 1 aromatic heterocycles. The Hall–Kier alpha value is -6.49. The number of hydrogen-bond donors (Lipinski definition) is 2. The molecule has 3 heterocycles. The van der Waals surface area contributed by atoms with Crippen LogP contribution in [0, 0.1) is 23.7 Å². The number of likely N-dealkylation sites (N-methyl/N-ethyl adjacent to an activating group) is 1. The molecule has 2 N–H and O–H groups in total. The summed E-state index contributed by atoms with van der Waals surface area (Å²) in [7, 11) is 3.75. The number of nitrogens with zero attached hydrogens (tertiary/aromatic N) is 4. The van der Waals surface area contributed by atoms with E-state index in [9.17, 15) is 47.9 Å². The number of Topliss-reactive ketones (excluding diaryl/α,β-unsaturated/α-hetero) is 4. The lowest BCUT2D eigenvalue weighted by Crippen LogP contribution is -2.48. The molecule has 0 spiro atoms. The Morgan fingerprint density at radius 3 is 2.01 bits per heavy atom. The van der Waals surface area contributed by atoms with Gasteiger partial charge in [-0.05, 0) is 82.0 Å². The van der Waals surface area contributed by atoms with Crippen molar-refractivity contribution in [1.29, 1.82) is 0 Å². The molecule has 0 bridgehead atoms. The highest BCUT2D eigenvalue weighted by molar-refractivity contribution is 7.09. The molecular formula is C65H96N6O16S. The zero-order valence-corrected chi connectivity index (χ0v) is 54.3. The van der Waals surface area contributed by atoms with E-state index in [4.69, 9.17) is 33.5 Å². The summed E-state index contributed by atoms with van der Waals surface area (Å²) in [6.45, 7) is 17.6. The molecule has 22 nitrogen and oxygen atoms in total. The maximum atomic E-state index is 14.4. The summed E-state index contributed by atoms with van der Waals surface area (Å²) >= 11 is 1.22. The summed E-state index contributed by atoms with van der Waals surface area (Å²) in [5.74, 6) is -3.37. The minimum Gasteiger partial charge on any atom is -0.455 e. The van der Waals surface area contributed by atoms with E-state index in [1.165, 1.54) is 30.4 Å². The fraction of sp³-hybridized carbons (Fsp3) is 0.662. The predicted molar refractivity (Wildman–Crippen MR) is 328 cm³/mol. The Morgan fingerprint density at radius 1 is 0.795 bits per heavy atom. The lowest BCUT2D eigenvalue weighted by molar-refractivity contribution is -0.192.